The van der Waals surface area contributed by atoms with Crippen LogP contribution in [-0.4, -0.2) is 9.97 Å². The average Bonchev–Trinajstić information content (AvgIpc) is 2.72. The maximum absolute atomic E-state index is 6.45. The molecule has 0 spiro atoms. The van der Waals surface area contributed by atoms with E-state index in [0.29, 0.717) is 0 Å². The molecule has 0 atom stereocenters. The highest BCUT2D eigenvalue weighted by Crippen LogP contribution is 2.34. The van der Waals surface area contributed by atoms with Gasteiger partial charge in [0.05, 0.1) is 11.4 Å². The van der Waals surface area contributed by atoms with E-state index in [4.69, 9.17) is 10.7 Å². The summed E-state index contributed by atoms with van der Waals surface area (Å²) < 4.78 is 0. The van der Waals surface area contributed by atoms with E-state index >= 15 is 0 Å². The van der Waals surface area contributed by atoms with Crippen LogP contribution in [0.4, 0.5) is 0 Å². The fraction of sp³-hybridized carbons (Fsp3) is 0.550. The smallest absolute Gasteiger partial charge is 0.138 e. The molecule has 0 fully saturated rings. The standard InChI is InChI=1S/C20H31N3/c1-11-10-14-12(2)17(20(7,8)9)23-18(14)22-16(11)15(21)13(3)19(4,5)6/h10H,21H2,1-9H3,(H,22,23)/b15-13-. The zero-order valence-corrected chi connectivity index (χ0v) is 16.1. The highest BCUT2D eigenvalue weighted by atomic mass is 14.9. The predicted octanol–water partition coefficient (Wildman–Crippen LogP) is 5.21. The summed E-state index contributed by atoms with van der Waals surface area (Å²) in [6.45, 7) is 19.6. The number of pyridine rings is 1. The lowest BCUT2D eigenvalue weighted by Crippen LogP contribution is -2.14. The van der Waals surface area contributed by atoms with Gasteiger partial charge < -0.3 is 10.7 Å². The predicted molar refractivity (Wildman–Crippen MR) is 101 cm³/mol. The van der Waals surface area contributed by atoms with Gasteiger partial charge in [-0.1, -0.05) is 41.5 Å². The number of rotatable bonds is 1. The van der Waals surface area contributed by atoms with Crippen molar-refractivity contribution in [3.63, 3.8) is 0 Å². The molecule has 2 aromatic rings. The number of nitrogens with one attached hydrogen (secondary N) is 1. The molecule has 23 heavy (non-hydrogen) atoms. The van der Waals surface area contributed by atoms with E-state index in [0.717, 1.165) is 22.6 Å². The molecule has 2 rings (SSSR count). The molecule has 0 radical (unpaired) electrons. The van der Waals surface area contributed by atoms with Gasteiger partial charge in [0.15, 0.2) is 0 Å². The summed E-state index contributed by atoms with van der Waals surface area (Å²) in [5.74, 6) is 0. The van der Waals surface area contributed by atoms with Crippen LogP contribution in [0.1, 0.15) is 71.0 Å². The maximum Gasteiger partial charge on any atom is 0.138 e. The first-order valence-electron chi connectivity index (χ1n) is 8.31. The molecule has 126 valence electrons. The summed E-state index contributed by atoms with van der Waals surface area (Å²) in [6.07, 6.45) is 0. The molecule has 0 bridgehead atoms. The van der Waals surface area contributed by atoms with E-state index < -0.39 is 0 Å². The Balaban J connectivity index is 2.73. The normalized spacial score (nSPS) is 14.3. The lowest BCUT2D eigenvalue weighted by molar-refractivity contribution is 0.505. The van der Waals surface area contributed by atoms with Crippen molar-refractivity contribution >= 4 is 16.7 Å². The molecule has 0 unspecified atom stereocenters. The first kappa shape index (κ1) is 17.6. The molecule has 3 N–H and O–H groups in total. The number of allylic oxidation sites excluding steroid dienone is 1. The molecule has 0 saturated heterocycles. The summed E-state index contributed by atoms with van der Waals surface area (Å²) in [7, 11) is 0. The molecule has 3 nitrogen and oxygen atoms in total. The third kappa shape index (κ3) is 3.15. The molecule has 3 heteroatoms. The largest absolute Gasteiger partial charge is 0.397 e. The van der Waals surface area contributed by atoms with E-state index in [2.05, 4.69) is 73.4 Å². The fourth-order valence-electron chi connectivity index (χ4n) is 2.95. The van der Waals surface area contributed by atoms with Crippen molar-refractivity contribution in [2.75, 3.05) is 0 Å². The first-order valence-corrected chi connectivity index (χ1v) is 8.31. The zero-order valence-electron chi connectivity index (χ0n) is 16.1. The monoisotopic (exact) mass is 313 g/mol. The summed E-state index contributed by atoms with van der Waals surface area (Å²) in [4.78, 5) is 8.38. The Bertz CT molecular complexity index is 778. The first-order chi connectivity index (χ1) is 10.3. The van der Waals surface area contributed by atoms with Crippen LogP contribution in [-0.2, 0) is 5.41 Å². The number of H-pyrrole nitrogens is 1. The average molecular weight is 313 g/mol. The zero-order chi connectivity index (χ0) is 17.7. The number of nitrogens with two attached hydrogens (primary N) is 1. The molecular weight excluding hydrogens is 282 g/mol. The topological polar surface area (TPSA) is 54.7 Å². The number of aromatic amines is 1. The minimum atomic E-state index is 0.0371. The Morgan fingerprint density at radius 3 is 2.13 bits per heavy atom. The van der Waals surface area contributed by atoms with E-state index in [-0.39, 0.29) is 10.8 Å². The van der Waals surface area contributed by atoms with Gasteiger partial charge in [0, 0.05) is 16.5 Å². The Morgan fingerprint density at radius 2 is 1.65 bits per heavy atom. The highest BCUT2D eigenvalue weighted by Gasteiger charge is 2.23. The number of hydrogen-bond donors (Lipinski definition) is 2. The number of hydrogen-bond acceptors (Lipinski definition) is 2. The Morgan fingerprint density at radius 1 is 1.09 bits per heavy atom. The van der Waals surface area contributed by atoms with Gasteiger partial charge in [-0.2, -0.15) is 0 Å². The van der Waals surface area contributed by atoms with Gasteiger partial charge in [-0.25, -0.2) is 4.98 Å². The van der Waals surface area contributed by atoms with Gasteiger partial charge in [-0.05, 0) is 49.0 Å². The van der Waals surface area contributed by atoms with Crippen LogP contribution in [0.3, 0.4) is 0 Å². The van der Waals surface area contributed by atoms with E-state index in [9.17, 15) is 0 Å². The molecular formula is C20H31N3. The summed E-state index contributed by atoms with van der Waals surface area (Å²) in [6, 6.07) is 2.21. The maximum atomic E-state index is 6.45. The van der Waals surface area contributed by atoms with Gasteiger partial charge in [0.25, 0.3) is 0 Å². The molecule has 0 aliphatic heterocycles. The van der Waals surface area contributed by atoms with Crippen LogP contribution in [0.25, 0.3) is 16.7 Å². The summed E-state index contributed by atoms with van der Waals surface area (Å²) in [5, 5.41) is 1.19. The number of aryl methyl sites for hydroxylation is 2. The van der Waals surface area contributed by atoms with Crippen LogP contribution in [0.2, 0.25) is 0 Å². The van der Waals surface area contributed by atoms with Crippen molar-refractivity contribution in [3.8, 4) is 0 Å². The molecule has 0 aliphatic rings. The van der Waals surface area contributed by atoms with Crippen LogP contribution in [0.15, 0.2) is 11.6 Å². The van der Waals surface area contributed by atoms with Crippen molar-refractivity contribution in [2.45, 2.75) is 67.7 Å². The van der Waals surface area contributed by atoms with Gasteiger partial charge in [0.2, 0.25) is 0 Å². The van der Waals surface area contributed by atoms with Gasteiger partial charge in [-0.15, -0.1) is 0 Å². The minimum Gasteiger partial charge on any atom is -0.397 e. The quantitative estimate of drug-likeness (QED) is 0.759. The van der Waals surface area contributed by atoms with Crippen molar-refractivity contribution in [3.05, 3.63) is 34.2 Å². The second-order valence-corrected chi connectivity index (χ2v) is 8.71. The lowest BCUT2D eigenvalue weighted by Gasteiger charge is -2.22. The van der Waals surface area contributed by atoms with Crippen LogP contribution >= 0.6 is 0 Å². The third-order valence-corrected chi connectivity index (χ3v) is 4.77. The van der Waals surface area contributed by atoms with Gasteiger partial charge >= 0.3 is 0 Å². The second-order valence-electron chi connectivity index (χ2n) is 8.71. The molecule has 2 heterocycles. The molecule has 0 aliphatic carbocycles. The lowest BCUT2D eigenvalue weighted by atomic mass is 9.85. The number of fused-ring (bicyclic) bond motifs is 1. The molecule has 0 saturated carbocycles. The number of aromatic nitrogens is 2. The van der Waals surface area contributed by atoms with Crippen LogP contribution < -0.4 is 5.73 Å². The third-order valence-electron chi connectivity index (χ3n) is 4.77. The van der Waals surface area contributed by atoms with Crippen molar-refractivity contribution in [2.24, 2.45) is 11.1 Å². The Labute approximate surface area is 140 Å². The highest BCUT2D eigenvalue weighted by molar-refractivity contribution is 5.85. The number of nitrogens with zero attached hydrogens (tertiary/aromatic N) is 1. The van der Waals surface area contributed by atoms with Crippen LogP contribution in [0, 0.1) is 19.3 Å². The minimum absolute atomic E-state index is 0.0371. The van der Waals surface area contributed by atoms with Crippen molar-refractivity contribution in [1.82, 2.24) is 9.97 Å². The van der Waals surface area contributed by atoms with Gasteiger partial charge in [-0.3, -0.25) is 0 Å². The Hall–Kier alpha value is -1.77. The summed E-state index contributed by atoms with van der Waals surface area (Å²) in [5.41, 5.74) is 14.0. The second kappa shape index (κ2) is 5.40. The molecule has 2 aromatic heterocycles. The molecule has 0 aromatic carbocycles. The van der Waals surface area contributed by atoms with Gasteiger partial charge in [0.1, 0.15) is 5.65 Å². The Kier molecular flexibility index (Phi) is 4.13. The van der Waals surface area contributed by atoms with Crippen molar-refractivity contribution < 1.29 is 0 Å². The van der Waals surface area contributed by atoms with E-state index in [1.165, 1.54) is 22.2 Å². The van der Waals surface area contributed by atoms with Crippen molar-refractivity contribution in [1.29, 1.82) is 0 Å². The van der Waals surface area contributed by atoms with E-state index in [1.54, 1.807) is 0 Å². The SMILES string of the molecule is C/C(=C(/N)c1nc2[nH]c(C(C)(C)C)c(C)c2cc1C)C(C)(C)C. The summed E-state index contributed by atoms with van der Waals surface area (Å²) >= 11 is 0. The van der Waals surface area contributed by atoms with Crippen LogP contribution in [0.5, 0.6) is 0 Å². The molecule has 0 amide bonds. The van der Waals surface area contributed by atoms with E-state index in [1.807, 2.05) is 0 Å². The fourth-order valence-corrected chi connectivity index (χ4v) is 2.95.